The number of unbranched alkanes of at least 4 members (excludes halogenated alkanes) is 14. The van der Waals surface area contributed by atoms with Crippen LogP contribution in [0.25, 0.3) is 0 Å². The Morgan fingerprint density at radius 2 is 0.889 bits per heavy atom. The van der Waals surface area contributed by atoms with Crippen molar-refractivity contribution in [3.05, 3.63) is 59.7 Å². The Labute approximate surface area is 233 Å². The SMILES string of the molecule is CCCCCCCCCCc1ccccc1N(C(=S)S)c1ccccc1CCCCCCCCCC. The normalized spacial score (nSPS) is 11.1. The van der Waals surface area contributed by atoms with Crippen molar-refractivity contribution < 1.29 is 0 Å². The van der Waals surface area contributed by atoms with Gasteiger partial charge in [-0.05, 0) is 48.9 Å². The molecule has 0 atom stereocenters. The molecule has 3 heteroatoms. The summed E-state index contributed by atoms with van der Waals surface area (Å²) in [6, 6.07) is 17.6. The van der Waals surface area contributed by atoms with Gasteiger partial charge >= 0.3 is 0 Å². The summed E-state index contributed by atoms with van der Waals surface area (Å²) in [6.45, 7) is 4.57. The second-order valence-electron chi connectivity index (χ2n) is 10.3. The Morgan fingerprint density at radius 1 is 0.556 bits per heavy atom. The largest absolute Gasteiger partial charge is 0.296 e. The van der Waals surface area contributed by atoms with Crippen LogP contribution in [0.1, 0.15) is 128 Å². The van der Waals surface area contributed by atoms with Crippen molar-refractivity contribution in [2.45, 2.75) is 129 Å². The average molecular weight is 526 g/mol. The number of anilines is 2. The van der Waals surface area contributed by atoms with Crippen LogP contribution in [0.3, 0.4) is 0 Å². The molecule has 0 heterocycles. The second-order valence-corrected chi connectivity index (χ2v) is 11.4. The third kappa shape index (κ3) is 11.8. The van der Waals surface area contributed by atoms with Gasteiger partial charge in [0, 0.05) is 0 Å². The summed E-state index contributed by atoms with van der Waals surface area (Å²) in [4.78, 5) is 2.21. The van der Waals surface area contributed by atoms with Crippen LogP contribution in [-0.2, 0) is 12.8 Å². The quantitative estimate of drug-likeness (QED) is 0.104. The van der Waals surface area contributed by atoms with Crippen molar-refractivity contribution in [1.29, 1.82) is 0 Å². The fourth-order valence-corrected chi connectivity index (χ4v) is 5.53. The lowest BCUT2D eigenvalue weighted by atomic mass is 10.0. The molecule has 36 heavy (non-hydrogen) atoms. The van der Waals surface area contributed by atoms with Crippen molar-refractivity contribution in [3.63, 3.8) is 0 Å². The minimum atomic E-state index is 0.627. The average Bonchev–Trinajstić information content (AvgIpc) is 2.89. The highest BCUT2D eigenvalue weighted by Gasteiger charge is 2.18. The molecule has 1 nitrogen and oxygen atoms in total. The first-order valence-corrected chi connectivity index (χ1v) is 15.7. The first-order valence-electron chi connectivity index (χ1n) is 14.9. The second kappa shape index (κ2) is 19.7. The van der Waals surface area contributed by atoms with E-state index in [2.05, 4.69) is 67.3 Å². The van der Waals surface area contributed by atoms with Crippen LogP contribution in [-0.4, -0.2) is 4.32 Å². The van der Waals surface area contributed by atoms with E-state index in [1.165, 1.54) is 125 Å². The zero-order valence-electron chi connectivity index (χ0n) is 23.1. The smallest absolute Gasteiger partial charge is 0.142 e. The summed E-state index contributed by atoms with van der Waals surface area (Å²) in [6.07, 6.45) is 23.7. The third-order valence-corrected chi connectivity index (χ3v) is 7.64. The van der Waals surface area contributed by atoms with Crippen LogP contribution in [0.2, 0.25) is 0 Å². The lowest BCUT2D eigenvalue weighted by molar-refractivity contribution is 0.575. The number of para-hydroxylation sites is 2. The van der Waals surface area contributed by atoms with E-state index in [1.54, 1.807) is 0 Å². The van der Waals surface area contributed by atoms with Gasteiger partial charge in [0.05, 0.1) is 11.4 Å². The van der Waals surface area contributed by atoms with Gasteiger partial charge in [-0.25, -0.2) is 0 Å². The lowest BCUT2D eigenvalue weighted by Gasteiger charge is -2.28. The maximum absolute atomic E-state index is 5.70. The van der Waals surface area contributed by atoms with Gasteiger partial charge in [-0.3, -0.25) is 4.90 Å². The number of benzene rings is 2. The standard InChI is InChI=1S/C33H51NS2/c1-3-5-7-9-11-13-15-17-23-29-25-19-21-27-31(29)34(33(35)36)32-28-22-20-26-30(32)24-18-16-14-12-10-8-6-4-2/h19-22,25-28H,3-18,23-24H2,1-2H3,(H,35,36). The zero-order chi connectivity index (χ0) is 25.8. The highest BCUT2D eigenvalue weighted by Crippen LogP contribution is 2.34. The highest BCUT2D eigenvalue weighted by molar-refractivity contribution is 8.11. The molecule has 0 saturated heterocycles. The molecule has 2 aromatic carbocycles. The van der Waals surface area contributed by atoms with Gasteiger partial charge in [0.25, 0.3) is 0 Å². The first-order chi connectivity index (χ1) is 17.7. The van der Waals surface area contributed by atoms with E-state index >= 15 is 0 Å². The molecule has 2 aromatic rings. The monoisotopic (exact) mass is 525 g/mol. The van der Waals surface area contributed by atoms with Crippen LogP contribution in [0.4, 0.5) is 11.4 Å². The molecule has 0 amide bonds. The molecule has 2 rings (SSSR count). The Morgan fingerprint density at radius 3 is 1.25 bits per heavy atom. The predicted molar refractivity (Wildman–Crippen MR) is 169 cm³/mol. The van der Waals surface area contributed by atoms with Crippen LogP contribution >= 0.6 is 24.8 Å². The van der Waals surface area contributed by atoms with Crippen molar-refractivity contribution >= 4 is 40.5 Å². The van der Waals surface area contributed by atoms with Gasteiger partial charge in [0.2, 0.25) is 0 Å². The molecule has 0 aliphatic carbocycles. The number of hydrogen-bond acceptors (Lipinski definition) is 1. The summed E-state index contributed by atoms with van der Waals surface area (Å²) >= 11 is 10.4. The fourth-order valence-electron chi connectivity index (χ4n) is 5.12. The van der Waals surface area contributed by atoms with Gasteiger partial charge < -0.3 is 0 Å². The molecule has 0 unspecified atom stereocenters. The van der Waals surface area contributed by atoms with Gasteiger partial charge in [0.15, 0.2) is 0 Å². The Hall–Kier alpha value is -1.32. The third-order valence-electron chi connectivity index (χ3n) is 7.26. The molecule has 0 N–H and O–H groups in total. The molecule has 200 valence electrons. The fraction of sp³-hybridized carbons (Fsp3) is 0.606. The molecule has 0 bridgehead atoms. The van der Waals surface area contributed by atoms with Crippen LogP contribution in [0, 0.1) is 0 Å². The summed E-state index contributed by atoms with van der Waals surface area (Å²) in [7, 11) is 0. The van der Waals surface area contributed by atoms with Crippen molar-refractivity contribution in [2.24, 2.45) is 0 Å². The topological polar surface area (TPSA) is 3.24 Å². The van der Waals surface area contributed by atoms with E-state index < -0.39 is 0 Å². The van der Waals surface area contributed by atoms with Crippen molar-refractivity contribution in [2.75, 3.05) is 4.90 Å². The van der Waals surface area contributed by atoms with E-state index in [1.807, 2.05) is 0 Å². The van der Waals surface area contributed by atoms with E-state index in [4.69, 9.17) is 24.8 Å². The summed E-state index contributed by atoms with van der Waals surface area (Å²) in [5, 5.41) is 0. The summed E-state index contributed by atoms with van der Waals surface area (Å²) < 4.78 is 0.627. The lowest BCUT2D eigenvalue weighted by Crippen LogP contribution is -2.22. The zero-order valence-corrected chi connectivity index (χ0v) is 24.9. The van der Waals surface area contributed by atoms with Crippen LogP contribution < -0.4 is 4.90 Å². The first kappa shape index (κ1) is 30.9. The Balaban J connectivity index is 1.97. The predicted octanol–water partition coefficient (Wildman–Crippen LogP) is 11.4. The highest BCUT2D eigenvalue weighted by atomic mass is 32.1. The van der Waals surface area contributed by atoms with E-state index in [0.717, 1.165) is 12.8 Å². The van der Waals surface area contributed by atoms with E-state index in [0.29, 0.717) is 4.32 Å². The van der Waals surface area contributed by atoms with Crippen molar-refractivity contribution in [1.82, 2.24) is 0 Å². The van der Waals surface area contributed by atoms with Crippen LogP contribution in [0.5, 0.6) is 0 Å². The molecule has 0 spiro atoms. The molecule has 0 saturated carbocycles. The summed E-state index contributed by atoms with van der Waals surface area (Å²) in [5.41, 5.74) is 5.15. The number of nitrogens with zero attached hydrogens (tertiary/aromatic N) is 1. The Kier molecular flexibility index (Phi) is 16.9. The molecular weight excluding hydrogens is 475 g/mol. The molecule has 0 fully saturated rings. The Bertz CT molecular complexity index is 784. The van der Waals surface area contributed by atoms with Gasteiger partial charge in [-0.15, -0.1) is 12.6 Å². The molecule has 0 aromatic heterocycles. The molecule has 0 aliphatic rings. The van der Waals surface area contributed by atoms with Gasteiger partial charge in [-0.2, -0.15) is 0 Å². The number of aryl methyl sites for hydroxylation is 2. The minimum Gasteiger partial charge on any atom is -0.296 e. The maximum Gasteiger partial charge on any atom is 0.142 e. The molecule has 0 aliphatic heterocycles. The molecule has 0 radical (unpaired) electrons. The number of hydrogen-bond donors (Lipinski definition) is 1. The van der Waals surface area contributed by atoms with Gasteiger partial charge in [-0.1, -0.05) is 152 Å². The number of thiocarbonyl (C=S) groups is 1. The van der Waals surface area contributed by atoms with Crippen molar-refractivity contribution in [3.8, 4) is 0 Å². The van der Waals surface area contributed by atoms with E-state index in [-0.39, 0.29) is 0 Å². The van der Waals surface area contributed by atoms with Gasteiger partial charge in [0.1, 0.15) is 4.32 Å². The number of thiol groups is 1. The summed E-state index contributed by atoms with van der Waals surface area (Å²) in [5.74, 6) is 0. The maximum atomic E-state index is 5.70. The van der Waals surface area contributed by atoms with E-state index in [9.17, 15) is 0 Å². The minimum absolute atomic E-state index is 0.627. The van der Waals surface area contributed by atoms with Crippen LogP contribution in [0.15, 0.2) is 48.5 Å². The molecular formula is C33H51NS2. The number of rotatable bonds is 20.